The van der Waals surface area contributed by atoms with Crippen LogP contribution in [0.5, 0.6) is 0 Å². The van der Waals surface area contributed by atoms with Gasteiger partial charge in [-0.3, -0.25) is 9.36 Å². The van der Waals surface area contributed by atoms with Gasteiger partial charge in [-0.15, -0.1) is 0 Å². The molecular formula is C16H14N2O4S. The number of fused-ring (bicyclic) bond motifs is 1. The molecule has 7 heteroatoms. The van der Waals surface area contributed by atoms with E-state index in [4.69, 9.17) is 4.42 Å². The predicted molar refractivity (Wildman–Crippen MR) is 86.6 cm³/mol. The number of methoxy groups -OCH3 is 1. The lowest BCUT2D eigenvalue weighted by Crippen LogP contribution is -2.19. The highest BCUT2D eigenvalue weighted by Gasteiger charge is 2.17. The van der Waals surface area contributed by atoms with Crippen molar-refractivity contribution in [1.82, 2.24) is 9.55 Å². The van der Waals surface area contributed by atoms with Crippen molar-refractivity contribution in [3.05, 3.63) is 58.3 Å². The highest BCUT2D eigenvalue weighted by molar-refractivity contribution is 7.98. The molecule has 2 heterocycles. The Balaban J connectivity index is 1.91. The van der Waals surface area contributed by atoms with E-state index in [1.807, 2.05) is 12.1 Å². The van der Waals surface area contributed by atoms with Crippen LogP contribution in [0.2, 0.25) is 0 Å². The number of hydrogen-bond acceptors (Lipinski definition) is 6. The third-order valence-corrected chi connectivity index (χ3v) is 4.50. The van der Waals surface area contributed by atoms with E-state index in [1.54, 1.807) is 25.2 Å². The zero-order valence-electron chi connectivity index (χ0n) is 12.6. The Hall–Kier alpha value is -2.54. The Labute approximate surface area is 136 Å². The Kier molecular flexibility index (Phi) is 4.20. The molecule has 0 aliphatic rings. The summed E-state index contributed by atoms with van der Waals surface area (Å²) in [4.78, 5) is 28.5. The monoisotopic (exact) mass is 330 g/mol. The van der Waals surface area contributed by atoms with Crippen molar-refractivity contribution >= 4 is 28.6 Å². The zero-order chi connectivity index (χ0) is 16.4. The Morgan fingerprint density at radius 1 is 1.35 bits per heavy atom. The van der Waals surface area contributed by atoms with Crippen molar-refractivity contribution in [2.24, 2.45) is 7.05 Å². The maximum atomic E-state index is 12.3. The second-order valence-electron chi connectivity index (χ2n) is 4.83. The summed E-state index contributed by atoms with van der Waals surface area (Å²) in [7, 11) is 2.98. The molecule has 0 bridgehead atoms. The van der Waals surface area contributed by atoms with Crippen molar-refractivity contribution in [2.45, 2.75) is 10.9 Å². The first-order valence-electron chi connectivity index (χ1n) is 6.85. The molecule has 0 aliphatic carbocycles. The minimum absolute atomic E-state index is 0.0986. The normalized spacial score (nSPS) is 10.9. The SMILES string of the molecule is COC(=O)c1occc1CSc1nc2ccccc2c(=O)n1C. The molecule has 6 nitrogen and oxygen atoms in total. The predicted octanol–water partition coefficient (Wildman–Crippen LogP) is 2.61. The van der Waals surface area contributed by atoms with E-state index in [9.17, 15) is 9.59 Å². The smallest absolute Gasteiger partial charge is 0.374 e. The third kappa shape index (κ3) is 2.87. The van der Waals surface area contributed by atoms with Crippen molar-refractivity contribution < 1.29 is 13.9 Å². The van der Waals surface area contributed by atoms with Crippen molar-refractivity contribution in [3.8, 4) is 0 Å². The molecule has 0 amide bonds. The summed E-state index contributed by atoms with van der Waals surface area (Å²) in [6.45, 7) is 0. The minimum Gasteiger partial charge on any atom is -0.463 e. The maximum absolute atomic E-state index is 12.3. The van der Waals surface area contributed by atoms with Gasteiger partial charge in [0.25, 0.3) is 5.56 Å². The molecule has 0 spiro atoms. The Bertz CT molecular complexity index is 929. The average Bonchev–Trinajstić information content (AvgIpc) is 3.04. The van der Waals surface area contributed by atoms with Crippen LogP contribution < -0.4 is 5.56 Å². The van der Waals surface area contributed by atoms with Crippen LogP contribution in [-0.4, -0.2) is 22.6 Å². The van der Waals surface area contributed by atoms with Crippen LogP contribution in [0.25, 0.3) is 10.9 Å². The number of nitrogens with zero attached hydrogens (tertiary/aromatic N) is 2. The molecule has 0 saturated heterocycles. The van der Waals surface area contributed by atoms with Gasteiger partial charge in [-0.1, -0.05) is 23.9 Å². The molecule has 1 aromatic carbocycles. The van der Waals surface area contributed by atoms with Crippen molar-refractivity contribution in [1.29, 1.82) is 0 Å². The number of esters is 1. The molecule has 3 rings (SSSR count). The Morgan fingerprint density at radius 2 is 2.13 bits per heavy atom. The van der Waals surface area contributed by atoms with E-state index in [-0.39, 0.29) is 11.3 Å². The lowest BCUT2D eigenvalue weighted by molar-refractivity contribution is 0.0564. The molecule has 0 radical (unpaired) electrons. The van der Waals surface area contributed by atoms with Crippen LogP contribution >= 0.6 is 11.8 Å². The van der Waals surface area contributed by atoms with Crippen LogP contribution in [-0.2, 0) is 17.5 Å². The van der Waals surface area contributed by atoms with E-state index in [0.29, 0.717) is 27.4 Å². The quantitative estimate of drug-likeness (QED) is 0.416. The molecular weight excluding hydrogens is 316 g/mol. The summed E-state index contributed by atoms with van der Waals surface area (Å²) in [5, 5.41) is 1.16. The number of carbonyl (C=O) groups is 1. The van der Waals surface area contributed by atoms with Crippen LogP contribution in [0.1, 0.15) is 16.1 Å². The van der Waals surface area contributed by atoms with Gasteiger partial charge in [0.15, 0.2) is 5.16 Å². The first-order chi connectivity index (χ1) is 11.1. The van der Waals surface area contributed by atoms with Crippen molar-refractivity contribution in [2.75, 3.05) is 7.11 Å². The molecule has 0 aliphatic heterocycles. The highest BCUT2D eigenvalue weighted by atomic mass is 32.2. The number of aromatic nitrogens is 2. The van der Waals surface area contributed by atoms with Gasteiger partial charge in [0.1, 0.15) is 0 Å². The van der Waals surface area contributed by atoms with Gasteiger partial charge >= 0.3 is 5.97 Å². The largest absolute Gasteiger partial charge is 0.463 e. The van der Waals surface area contributed by atoms with Gasteiger partial charge in [-0.05, 0) is 18.2 Å². The number of para-hydroxylation sites is 1. The first kappa shape index (κ1) is 15.4. The minimum atomic E-state index is -0.522. The molecule has 3 aromatic rings. The lowest BCUT2D eigenvalue weighted by atomic mass is 10.2. The van der Waals surface area contributed by atoms with Crippen LogP contribution in [0, 0.1) is 0 Å². The Morgan fingerprint density at radius 3 is 2.91 bits per heavy atom. The van der Waals surface area contributed by atoms with E-state index >= 15 is 0 Å². The molecule has 0 N–H and O–H groups in total. The van der Waals surface area contributed by atoms with Gasteiger partial charge in [-0.25, -0.2) is 9.78 Å². The summed E-state index contributed by atoms with van der Waals surface area (Å²) in [6, 6.07) is 8.92. The lowest BCUT2D eigenvalue weighted by Gasteiger charge is -2.08. The van der Waals surface area contributed by atoms with Gasteiger partial charge in [0.2, 0.25) is 5.76 Å². The van der Waals surface area contributed by atoms with Crippen LogP contribution in [0.3, 0.4) is 0 Å². The number of benzene rings is 1. The topological polar surface area (TPSA) is 74.3 Å². The summed E-state index contributed by atoms with van der Waals surface area (Å²) < 4.78 is 11.3. The molecule has 2 aromatic heterocycles. The zero-order valence-corrected chi connectivity index (χ0v) is 13.4. The molecule has 118 valence electrons. The molecule has 0 fully saturated rings. The van der Waals surface area contributed by atoms with Gasteiger partial charge in [0.05, 0.1) is 24.3 Å². The number of ether oxygens (including phenoxy) is 1. The standard InChI is InChI=1S/C16H14N2O4S/c1-18-14(19)11-5-3-4-6-12(11)17-16(18)23-9-10-7-8-22-13(10)15(20)21-2/h3-8H,9H2,1-2H3. The van der Waals surface area contributed by atoms with Gasteiger partial charge in [0, 0.05) is 18.4 Å². The fraction of sp³-hybridized carbons (Fsp3) is 0.188. The van der Waals surface area contributed by atoms with E-state index < -0.39 is 5.97 Å². The fourth-order valence-electron chi connectivity index (χ4n) is 2.19. The highest BCUT2D eigenvalue weighted by Crippen LogP contribution is 2.24. The van der Waals surface area contributed by atoms with E-state index in [1.165, 1.54) is 29.7 Å². The number of hydrogen-bond donors (Lipinski definition) is 0. The number of furan rings is 1. The molecule has 0 atom stereocenters. The molecule has 0 unspecified atom stereocenters. The van der Waals surface area contributed by atoms with E-state index in [2.05, 4.69) is 9.72 Å². The third-order valence-electron chi connectivity index (χ3n) is 3.42. The van der Waals surface area contributed by atoms with Gasteiger partial charge < -0.3 is 9.15 Å². The second kappa shape index (κ2) is 6.29. The number of thioether (sulfide) groups is 1. The maximum Gasteiger partial charge on any atom is 0.374 e. The first-order valence-corrected chi connectivity index (χ1v) is 7.83. The number of rotatable bonds is 4. The fourth-order valence-corrected chi connectivity index (χ4v) is 3.14. The van der Waals surface area contributed by atoms with Crippen LogP contribution in [0.4, 0.5) is 0 Å². The van der Waals surface area contributed by atoms with Crippen LogP contribution in [0.15, 0.2) is 51.0 Å². The number of carbonyl (C=O) groups excluding carboxylic acids is 1. The summed E-state index contributed by atoms with van der Waals surface area (Å²) in [5.74, 6) is 0.0938. The van der Waals surface area contributed by atoms with Gasteiger partial charge in [-0.2, -0.15) is 0 Å². The van der Waals surface area contributed by atoms with E-state index in [0.717, 1.165) is 0 Å². The summed E-state index contributed by atoms with van der Waals surface area (Å²) in [5.41, 5.74) is 1.25. The second-order valence-corrected chi connectivity index (χ2v) is 5.77. The average molecular weight is 330 g/mol. The molecule has 0 saturated carbocycles. The van der Waals surface area contributed by atoms with Crippen molar-refractivity contribution in [3.63, 3.8) is 0 Å². The molecule has 23 heavy (non-hydrogen) atoms. The summed E-state index contributed by atoms with van der Waals surface area (Å²) >= 11 is 1.36. The summed E-state index contributed by atoms with van der Waals surface area (Å²) in [6.07, 6.45) is 1.44.